The molecule has 2 aromatic rings. The fourth-order valence-corrected chi connectivity index (χ4v) is 2.94. The first-order chi connectivity index (χ1) is 10.3. The zero-order chi connectivity index (χ0) is 14.7. The Labute approximate surface area is 125 Å². The Morgan fingerprint density at radius 3 is 3.05 bits per heavy atom. The van der Waals surface area contributed by atoms with Crippen LogP contribution >= 0.6 is 0 Å². The van der Waals surface area contributed by atoms with Crippen LogP contribution in [0.4, 0.5) is 0 Å². The van der Waals surface area contributed by atoms with Crippen LogP contribution in [0.2, 0.25) is 0 Å². The molecule has 1 aliphatic rings. The third kappa shape index (κ3) is 2.92. The fraction of sp³-hybridized carbons (Fsp3) is 0.412. The first kappa shape index (κ1) is 13.7. The average molecular weight is 281 g/mol. The molecule has 0 N–H and O–H groups in total. The van der Waals surface area contributed by atoms with E-state index in [4.69, 9.17) is 10.00 Å². The van der Waals surface area contributed by atoms with E-state index in [2.05, 4.69) is 22.5 Å². The van der Waals surface area contributed by atoms with Crippen LogP contribution in [0, 0.1) is 18.3 Å². The lowest BCUT2D eigenvalue weighted by molar-refractivity contribution is 0.294. The van der Waals surface area contributed by atoms with Crippen molar-refractivity contribution in [2.24, 2.45) is 0 Å². The number of fused-ring (bicyclic) bond motifs is 1. The summed E-state index contributed by atoms with van der Waals surface area (Å²) in [5.41, 5.74) is 3.28. The summed E-state index contributed by atoms with van der Waals surface area (Å²) in [7, 11) is 0. The van der Waals surface area contributed by atoms with Crippen LogP contribution in [0.3, 0.4) is 0 Å². The Balaban J connectivity index is 1.65. The van der Waals surface area contributed by atoms with Gasteiger partial charge in [0.25, 0.3) is 0 Å². The Bertz CT molecular complexity index is 682. The second-order valence-corrected chi connectivity index (χ2v) is 5.40. The van der Waals surface area contributed by atoms with E-state index >= 15 is 0 Å². The van der Waals surface area contributed by atoms with Crippen molar-refractivity contribution in [3.8, 4) is 11.8 Å². The van der Waals surface area contributed by atoms with Gasteiger partial charge in [0, 0.05) is 5.69 Å². The highest BCUT2D eigenvalue weighted by Crippen LogP contribution is 2.22. The van der Waals surface area contributed by atoms with Crippen LogP contribution < -0.4 is 4.74 Å². The van der Waals surface area contributed by atoms with Gasteiger partial charge in [-0.3, -0.25) is 0 Å². The number of nitrogens with zero attached hydrogens (tertiary/aromatic N) is 3. The minimum Gasteiger partial charge on any atom is -0.492 e. The molecule has 0 atom stereocenters. The van der Waals surface area contributed by atoms with Crippen LogP contribution in [0.1, 0.15) is 35.6 Å². The highest BCUT2D eigenvalue weighted by atomic mass is 16.5. The van der Waals surface area contributed by atoms with Gasteiger partial charge in [0.2, 0.25) is 0 Å². The van der Waals surface area contributed by atoms with Gasteiger partial charge in [0.05, 0.1) is 23.9 Å². The number of aryl methyl sites for hydroxylation is 2. The number of imidazole rings is 1. The molecule has 1 heterocycles. The number of nitriles is 1. The van der Waals surface area contributed by atoms with E-state index in [9.17, 15) is 0 Å². The molecule has 3 rings (SSSR count). The maximum atomic E-state index is 8.89. The maximum Gasteiger partial charge on any atom is 0.120 e. The van der Waals surface area contributed by atoms with Gasteiger partial charge in [-0.1, -0.05) is 6.07 Å². The van der Waals surface area contributed by atoms with Crippen LogP contribution in [-0.2, 0) is 19.4 Å². The molecule has 0 radical (unpaired) electrons. The Morgan fingerprint density at radius 1 is 1.33 bits per heavy atom. The van der Waals surface area contributed by atoms with Crippen molar-refractivity contribution in [2.45, 2.75) is 39.2 Å². The number of benzene rings is 1. The quantitative estimate of drug-likeness (QED) is 0.865. The zero-order valence-electron chi connectivity index (χ0n) is 12.3. The summed E-state index contributed by atoms with van der Waals surface area (Å²) in [6.07, 6.45) is 4.73. The lowest BCUT2D eigenvalue weighted by Gasteiger charge is -2.15. The predicted molar refractivity (Wildman–Crippen MR) is 80.3 cm³/mol. The van der Waals surface area contributed by atoms with Gasteiger partial charge in [-0.2, -0.15) is 5.26 Å². The van der Waals surface area contributed by atoms with Crippen molar-refractivity contribution in [3.05, 3.63) is 47.0 Å². The smallest absolute Gasteiger partial charge is 0.120 e. The molecule has 0 saturated heterocycles. The summed E-state index contributed by atoms with van der Waals surface area (Å²) >= 11 is 0. The number of hydrogen-bond acceptors (Lipinski definition) is 3. The number of rotatable bonds is 4. The Hall–Kier alpha value is -2.28. The van der Waals surface area contributed by atoms with Gasteiger partial charge in [0.15, 0.2) is 0 Å². The van der Waals surface area contributed by atoms with Gasteiger partial charge in [-0.15, -0.1) is 0 Å². The summed E-state index contributed by atoms with van der Waals surface area (Å²) in [6, 6.07) is 9.41. The highest BCUT2D eigenvalue weighted by Gasteiger charge is 2.17. The molecular formula is C17H19N3O. The molecule has 0 bridgehead atoms. The second kappa shape index (κ2) is 6.01. The van der Waals surface area contributed by atoms with Gasteiger partial charge in [-0.25, -0.2) is 4.98 Å². The standard InChI is InChI=1S/C17H19N3O/c1-13-19-16-7-2-3-8-17(16)20(13)9-10-21-15-6-4-5-14(11-15)12-18/h4-6,11H,2-3,7-10H2,1H3. The molecule has 0 spiro atoms. The van der Waals surface area contributed by atoms with Crippen LogP contribution in [0.5, 0.6) is 5.75 Å². The number of ether oxygens (including phenoxy) is 1. The zero-order valence-corrected chi connectivity index (χ0v) is 12.3. The molecule has 1 aromatic carbocycles. The molecule has 108 valence electrons. The molecule has 0 amide bonds. The largest absolute Gasteiger partial charge is 0.492 e. The molecule has 0 fully saturated rings. The lowest BCUT2D eigenvalue weighted by Crippen LogP contribution is -2.14. The molecule has 0 aliphatic heterocycles. The molecule has 4 heteroatoms. The summed E-state index contributed by atoms with van der Waals surface area (Å²) in [6.45, 7) is 3.47. The first-order valence-electron chi connectivity index (χ1n) is 7.46. The summed E-state index contributed by atoms with van der Waals surface area (Å²) in [4.78, 5) is 4.67. The van der Waals surface area contributed by atoms with Gasteiger partial charge < -0.3 is 9.30 Å². The van der Waals surface area contributed by atoms with Crippen molar-refractivity contribution < 1.29 is 4.74 Å². The molecule has 0 saturated carbocycles. The number of hydrogen-bond donors (Lipinski definition) is 0. The van der Waals surface area contributed by atoms with Crippen molar-refractivity contribution in [3.63, 3.8) is 0 Å². The van der Waals surface area contributed by atoms with Gasteiger partial charge >= 0.3 is 0 Å². The topological polar surface area (TPSA) is 50.8 Å². The maximum absolute atomic E-state index is 8.89. The minimum absolute atomic E-state index is 0.596. The minimum atomic E-state index is 0.596. The van der Waals surface area contributed by atoms with Gasteiger partial charge in [0.1, 0.15) is 18.2 Å². The average Bonchev–Trinajstić information content (AvgIpc) is 2.83. The Morgan fingerprint density at radius 2 is 2.19 bits per heavy atom. The predicted octanol–water partition coefficient (Wildman–Crippen LogP) is 3.02. The third-order valence-electron chi connectivity index (χ3n) is 3.97. The van der Waals surface area contributed by atoms with Crippen LogP contribution in [0.25, 0.3) is 0 Å². The third-order valence-corrected chi connectivity index (χ3v) is 3.97. The summed E-state index contributed by atoms with van der Waals surface area (Å²) in [5, 5.41) is 8.89. The number of aromatic nitrogens is 2. The van der Waals surface area contributed by atoms with Crippen LogP contribution in [-0.4, -0.2) is 16.2 Å². The summed E-state index contributed by atoms with van der Waals surface area (Å²) in [5.74, 6) is 1.83. The SMILES string of the molecule is Cc1nc2c(n1CCOc1cccc(C#N)c1)CCCC2. The molecular weight excluding hydrogens is 262 g/mol. The first-order valence-corrected chi connectivity index (χ1v) is 7.46. The van der Waals surface area contributed by atoms with E-state index in [-0.39, 0.29) is 0 Å². The van der Waals surface area contributed by atoms with E-state index < -0.39 is 0 Å². The van der Waals surface area contributed by atoms with E-state index in [0.29, 0.717) is 12.2 Å². The summed E-state index contributed by atoms with van der Waals surface area (Å²) < 4.78 is 8.05. The molecule has 1 aliphatic carbocycles. The molecule has 0 unspecified atom stereocenters. The lowest BCUT2D eigenvalue weighted by atomic mass is 10.0. The van der Waals surface area contributed by atoms with E-state index in [1.165, 1.54) is 24.2 Å². The molecule has 21 heavy (non-hydrogen) atoms. The fourth-order valence-electron chi connectivity index (χ4n) is 2.94. The normalized spacial score (nSPS) is 13.5. The van der Waals surface area contributed by atoms with Crippen molar-refractivity contribution in [1.29, 1.82) is 5.26 Å². The second-order valence-electron chi connectivity index (χ2n) is 5.40. The van der Waals surface area contributed by atoms with E-state index in [0.717, 1.165) is 31.0 Å². The van der Waals surface area contributed by atoms with Crippen molar-refractivity contribution in [2.75, 3.05) is 6.61 Å². The molecule has 4 nitrogen and oxygen atoms in total. The Kier molecular flexibility index (Phi) is 3.92. The molecule has 1 aromatic heterocycles. The highest BCUT2D eigenvalue weighted by molar-refractivity contribution is 5.36. The van der Waals surface area contributed by atoms with Crippen molar-refractivity contribution >= 4 is 0 Å². The monoisotopic (exact) mass is 281 g/mol. The van der Waals surface area contributed by atoms with Crippen molar-refractivity contribution in [1.82, 2.24) is 9.55 Å². The van der Waals surface area contributed by atoms with E-state index in [1.54, 1.807) is 12.1 Å². The van der Waals surface area contributed by atoms with Crippen LogP contribution in [0.15, 0.2) is 24.3 Å². The van der Waals surface area contributed by atoms with Gasteiger partial charge in [-0.05, 0) is 50.8 Å². The van der Waals surface area contributed by atoms with E-state index in [1.807, 2.05) is 12.1 Å².